The number of pyridine rings is 1. The number of hydrogen-bond donors (Lipinski definition) is 3. The second-order valence-electron chi connectivity index (χ2n) is 6.25. The number of amides is 1. The normalized spacial score (nSPS) is 10.8. The zero-order valence-corrected chi connectivity index (χ0v) is 17.8. The van der Waals surface area contributed by atoms with E-state index in [1.807, 2.05) is 54.6 Å². The average Bonchev–Trinajstić information content (AvgIpc) is 3.09. The molecule has 4 aromatic rings. The second kappa shape index (κ2) is 8.16. The Morgan fingerprint density at radius 2 is 1.86 bits per heavy atom. The van der Waals surface area contributed by atoms with Crippen molar-refractivity contribution in [2.24, 2.45) is 0 Å². The monoisotopic (exact) mass is 498 g/mol. The van der Waals surface area contributed by atoms with E-state index in [0.717, 1.165) is 31.4 Å². The SMILES string of the molecule is O=C(Nc1cnc2[nH]c(CNc3cccc(Br)c3)cc2c1)c1ccccc1Br. The molecule has 0 radical (unpaired) electrons. The lowest BCUT2D eigenvalue weighted by Crippen LogP contribution is -2.12. The van der Waals surface area contributed by atoms with Crippen LogP contribution in [0.15, 0.2) is 75.8 Å². The summed E-state index contributed by atoms with van der Waals surface area (Å²) in [7, 11) is 0. The van der Waals surface area contributed by atoms with Crippen molar-refractivity contribution in [2.45, 2.75) is 6.54 Å². The molecule has 5 nitrogen and oxygen atoms in total. The summed E-state index contributed by atoms with van der Waals surface area (Å²) in [5.41, 5.74) is 4.05. The Hall–Kier alpha value is -2.64. The molecule has 0 bridgehead atoms. The van der Waals surface area contributed by atoms with Gasteiger partial charge in [-0.1, -0.05) is 34.1 Å². The number of benzene rings is 2. The van der Waals surface area contributed by atoms with E-state index in [0.29, 0.717) is 17.8 Å². The van der Waals surface area contributed by atoms with Gasteiger partial charge in [0.2, 0.25) is 0 Å². The van der Waals surface area contributed by atoms with Crippen LogP contribution >= 0.6 is 31.9 Å². The maximum Gasteiger partial charge on any atom is 0.256 e. The van der Waals surface area contributed by atoms with Crippen molar-refractivity contribution in [2.75, 3.05) is 10.6 Å². The highest BCUT2D eigenvalue weighted by Crippen LogP contribution is 2.22. The van der Waals surface area contributed by atoms with E-state index in [-0.39, 0.29) is 5.91 Å². The van der Waals surface area contributed by atoms with E-state index in [1.54, 1.807) is 12.3 Å². The second-order valence-corrected chi connectivity index (χ2v) is 8.02. The van der Waals surface area contributed by atoms with Crippen LogP contribution in [0, 0.1) is 0 Å². The van der Waals surface area contributed by atoms with Crippen LogP contribution in [0.4, 0.5) is 11.4 Å². The first-order valence-corrected chi connectivity index (χ1v) is 10.2. The first-order valence-electron chi connectivity index (χ1n) is 8.61. The van der Waals surface area contributed by atoms with Crippen molar-refractivity contribution in [3.05, 3.63) is 87.1 Å². The Balaban J connectivity index is 1.48. The minimum Gasteiger partial charge on any atom is -0.379 e. The van der Waals surface area contributed by atoms with Crippen molar-refractivity contribution in [1.29, 1.82) is 0 Å². The van der Waals surface area contributed by atoms with Crippen LogP contribution < -0.4 is 10.6 Å². The zero-order chi connectivity index (χ0) is 19.5. The largest absolute Gasteiger partial charge is 0.379 e. The molecule has 0 aliphatic rings. The quantitative estimate of drug-likeness (QED) is 0.317. The van der Waals surface area contributed by atoms with Gasteiger partial charge in [-0.25, -0.2) is 4.98 Å². The summed E-state index contributed by atoms with van der Waals surface area (Å²) in [4.78, 5) is 20.2. The number of aromatic nitrogens is 2. The highest BCUT2D eigenvalue weighted by Gasteiger charge is 2.11. The first-order chi connectivity index (χ1) is 13.6. The molecule has 1 amide bonds. The molecule has 7 heteroatoms. The van der Waals surface area contributed by atoms with Crippen molar-refractivity contribution in [1.82, 2.24) is 9.97 Å². The van der Waals surface area contributed by atoms with Gasteiger partial charge in [-0.15, -0.1) is 0 Å². The van der Waals surface area contributed by atoms with Crippen molar-refractivity contribution >= 4 is 60.2 Å². The molecule has 28 heavy (non-hydrogen) atoms. The molecule has 0 fully saturated rings. The van der Waals surface area contributed by atoms with Gasteiger partial charge in [0.05, 0.1) is 24.0 Å². The van der Waals surface area contributed by atoms with Gasteiger partial charge in [0.25, 0.3) is 5.91 Å². The topological polar surface area (TPSA) is 69.8 Å². The van der Waals surface area contributed by atoms with Crippen LogP contribution in [0.1, 0.15) is 16.1 Å². The van der Waals surface area contributed by atoms with Crippen LogP contribution in [-0.2, 0) is 6.54 Å². The Bertz CT molecular complexity index is 1160. The van der Waals surface area contributed by atoms with E-state index in [1.165, 1.54) is 0 Å². The summed E-state index contributed by atoms with van der Waals surface area (Å²) in [5, 5.41) is 7.21. The predicted molar refractivity (Wildman–Crippen MR) is 120 cm³/mol. The molecule has 2 aromatic carbocycles. The Morgan fingerprint density at radius 3 is 2.68 bits per heavy atom. The lowest BCUT2D eigenvalue weighted by molar-refractivity contribution is 0.102. The molecule has 0 saturated carbocycles. The Kier molecular flexibility index (Phi) is 5.45. The molecule has 2 aromatic heterocycles. The van der Waals surface area contributed by atoms with E-state index in [9.17, 15) is 4.79 Å². The molecule has 0 spiro atoms. The Labute approximate surface area is 178 Å². The zero-order valence-electron chi connectivity index (χ0n) is 14.7. The lowest BCUT2D eigenvalue weighted by atomic mass is 10.2. The van der Waals surface area contributed by atoms with E-state index >= 15 is 0 Å². The number of rotatable bonds is 5. The minimum atomic E-state index is -0.180. The fourth-order valence-corrected chi connectivity index (χ4v) is 3.74. The van der Waals surface area contributed by atoms with Crippen LogP contribution in [0.2, 0.25) is 0 Å². The number of nitrogens with zero attached hydrogens (tertiary/aromatic N) is 1. The molecular formula is C21H16Br2N4O. The third-order valence-electron chi connectivity index (χ3n) is 4.21. The fraction of sp³-hybridized carbons (Fsp3) is 0.0476. The molecule has 0 aliphatic heterocycles. The summed E-state index contributed by atoms with van der Waals surface area (Å²) >= 11 is 6.87. The van der Waals surface area contributed by atoms with E-state index in [4.69, 9.17) is 0 Å². The van der Waals surface area contributed by atoms with Crippen LogP contribution in [0.5, 0.6) is 0 Å². The standard InChI is InChI=1S/C21H16Br2N4O/c22-14-4-3-5-15(10-14)24-11-16-8-13-9-17(12-25-20(13)26-16)27-21(28)18-6-1-2-7-19(18)23/h1-10,12,24H,11H2,(H,25,26)(H,27,28). The van der Waals surface area contributed by atoms with Gasteiger partial charge >= 0.3 is 0 Å². The molecule has 0 atom stereocenters. The maximum absolute atomic E-state index is 12.5. The van der Waals surface area contributed by atoms with Gasteiger partial charge in [-0.3, -0.25) is 4.79 Å². The lowest BCUT2D eigenvalue weighted by Gasteiger charge is -2.06. The van der Waals surface area contributed by atoms with Gasteiger partial charge in [-0.2, -0.15) is 0 Å². The maximum atomic E-state index is 12.5. The summed E-state index contributed by atoms with van der Waals surface area (Å²) in [5.74, 6) is -0.180. The van der Waals surface area contributed by atoms with Crippen LogP contribution in [0.3, 0.4) is 0 Å². The number of halogens is 2. The van der Waals surface area contributed by atoms with Crippen molar-refractivity contribution in [3.63, 3.8) is 0 Å². The molecule has 3 N–H and O–H groups in total. The third kappa shape index (κ3) is 4.26. The first kappa shape index (κ1) is 18.7. The van der Waals surface area contributed by atoms with Crippen LogP contribution in [-0.4, -0.2) is 15.9 Å². The number of aromatic amines is 1. The number of carbonyl (C=O) groups is 1. The molecule has 0 saturated heterocycles. The smallest absolute Gasteiger partial charge is 0.256 e. The molecule has 4 rings (SSSR count). The van der Waals surface area contributed by atoms with E-state index in [2.05, 4.69) is 52.5 Å². The van der Waals surface area contributed by atoms with Crippen molar-refractivity contribution < 1.29 is 4.79 Å². The average molecular weight is 500 g/mol. The number of H-pyrrole nitrogens is 1. The number of carbonyl (C=O) groups excluding carboxylic acids is 1. The molecule has 2 heterocycles. The summed E-state index contributed by atoms with van der Waals surface area (Å²) in [6.45, 7) is 0.644. The highest BCUT2D eigenvalue weighted by molar-refractivity contribution is 9.10. The predicted octanol–water partition coefficient (Wildman–Crippen LogP) is 5.95. The summed E-state index contributed by atoms with van der Waals surface area (Å²) in [6, 6.07) is 19.3. The fourth-order valence-electron chi connectivity index (χ4n) is 2.88. The highest BCUT2D eigenvalue weighted by atomic mass is 79.9. The summed E-state index contributed by atoms with van der Waals surface area (Å²) in [6.07, 6.45) is 1.65. The van der Waals surface area contributed by atoms with Gasteiger partial charge in [-0.05, 0) is 58.4 Å². The molecular weight excluding hydrogens is 484 g/mol. The van der Waals surface area contributed by atoms with Crippen LogP contribution in [0.25, 0.3) is 11.0 Å². The molecule has 0 unspecified atom stereocenters. The minimum absolute atomic E-state index is 0.180. The van der Waals surface area contributed by atoms with Gasteiger partial charge in [0.15, 0.2) is 0 Å². The number of anilines is 2. The van der Waals surface area contributed by atoms with Gasteiger partial charge < -0.3 is 15.6 Å². The Morgan fingerprint density at radius 1 is 1.00 bits per heavy atom. The number of fused-ring (bicyclic) bond motifs is 1. The van der Waals surface area contributed by atoms with Crippen molar-refractivity contribution in [3.8, 4) is 0 Å². The summed E-state index contributed by atoms with van der Waals surface area (Å²) < 4.78 is 1.78. The molecule has 140 valence electrons. The van der Waals surface area contributed by atoms with Gasteiger partial charge in [0.1, 0.15) is 5.65 Å². The van der Waals surface area contributed by atoms with E-state index < -0.39 is 0 Å². The van der Waals surface area contributed by atoms with Gasteiger partial charge in [0, 0.05) is 25.7 Å². The number of hydrogen-bond acceptors (Lipinski definition) is 3. The molecule has 0 aliphatic carbocycles. The number of nitrogens with one attached hydrogen (secondary N) is 3. The third-order valence-corrected chi connectivity index (χ3v) is 5.39.